The van der Waals surface area contributed by atoms with Crippen LogP contribution in [0.5, 0.6) is 0 Å². The van der Waals surface area contributed by atoms with E-state index in [0.29, 0.717) is 24.8 Å². The predicted molar refractivity (Wildman–Crippen MR) is 76.1 cm³/mol. The molecule has 0 saturated heterocycles. The number of carbonyl (C=O) groups is 2. The SMILES string of the molecule is CCC(C)CN(C)C(=O)NCCC(C)CCC(=O)O. The van der Waals surface area contributed by atoms with Gasteiger partial charge in [-0.1, -0.05) is 27.2 Å². The third-order valence-corrected chi connectivity index (χ3v) is 3.39. The van der Waals surface area contributed by atoms with Gasteiger partial charge in [0.1, 0.15) is 0 Å². The Morgan fingerprint density at radius 1 is 1.21 bits per heavy atom. The molecule has 0 heterocycles. The highest BCUT2D eigenvalue weighted by Crippen LogP contribution is 2.09. The second-order valence-corrected chi connectivity index (χ2v) is 5.45. The van der Waals surface area contributed by atoms with Crippen molar-refractivity contribution in [2.45, 2.75) is 46.5 Å². The fraction of sp³-hybridized carbons (Fsp3) is 0.857. The van der Waals surface area contributed by atoms with Crippen LogP contribution in [0.25, 0.3) is 0 Å². The number of carbonyl (C=O) groups excluding carboxylic acids is 1. The molecule has 2 N–H and O–H groups in total. The van der Waals surface area contributed by atoms with Crippen LogP contribution in [0, 0.1) is 11.8 Å². The Balaban J connectivity index is 3.75. The maximum absolute atomic E-state index is 11.8. The van der Waals surface area contributed by atoms with Gasteiger partial charge in [0, 0.05) is 26.6 Å². The van der Waals surface area contributed by atoms with Crippen molar-refractivity contribution in [2.24, 2.45) is 11.8 Å². The van der Waals surface area contributed by atoms with Crippen LogP contribution in [0.3, 0.4) is 0 Å². The molecule has 2 amide bonds. The first-order valence-electron chi connectivity index (χ1n) is 7.07. The lowest BCUT2D eigenvalue weighted by Crippen LogP contribution is -2.40. The molecule has 0 aromatic heterocycles. The lowest BCUT2D eigenvalue weighted by atomic mass is 10.0. The zero-order valence-electron chi connectivity index (χ0n) is 12.6. The second-order valence-electron chi connectivity index (χ2n) is 5.45. The fourth-order valence-corrected chi connectivity index (χ4v) is 1.75. The average molecular weight is 272 g/mol. The van der Waals surface area contributed by atoms with Crippen LogP contribution in [0.2, 0.25) is 0 Å². The average Bonchev–Trinajstić information content (AvgIpc) is 2.35. The monoisotopic (exact) mass is 272 g/mol. The van der Waals surface area contributed by atoms with Gasteiger partial charge in [0.25, 0.3) is 0 Å². The topological polar surface area (TPSA) is 69.6 Å². The number of nitrogens with one attached hydrogen (secondary N) is 1. The predicted octanol–water partition coefficient (Wildman–Crippen LogP) is 2.56. The van der Waals surface area contributed by atoms with E-state index < -0.39 is 5.97 Å². The maximum atomic E-state index is 11.8. The number of carboxylic acid groups (broad SMARTS) is 1. The Morgan fingerprint density at radius 3 is 2.37 bits per heavy atom. The van der Waals surface area contributed by atoms with E-state index in [0.717, 1.165) is 19.4 Å². The van der Waals surface area contributed by atoms with Crippen LogP contribution in [-0.4, -0.2) is 42.1 Å². The molecule has 0 aliphatic rings. The Labute approximate surface area is 116 Å². The summed E-state index contributed by atoms with van der Waals surface area (Å²) < 4.78 is 0. The highest BCUT2D eigenvalue weighted by Gasteiger charge is 2.11. The smallest absolute Gasteiger partial charge is 0.317 e. The highest BCUT2D eigenvalue weighted by molar-refractivity contribution is 5.73. The zero-order chi connectivity index (χ0) is 14.8. The third-order valence-electron chi connectivity index (χ3n) is 3.39. The summed E-state index contributed by atoms with van der Waals surface area (Å²) in [6.45, 7) is 7.61. The summed E-state index contributed by atoms with van der Waals surface area (Å²) in [5.74, 6) is 0.0608. The first-order chi connectivity index (χ1) is 8.86. The molecule has 2 atom stereocenters. The molecule has 0 aliphatic carbocycles. The quantitative estimate of drug-likeness (QED) is 0.677. The minimum absolute atomic E-state index is 0.0502. The molecule has 19 heavy (non-hydrogen) atoms. The number of urea groups is 1. The van der Waals surface area contributed by atoms with Crippen LogP contribution in [-0.2, 0) is 4.79 Å². The number of rotatable bonds is 9. The molecule has 0 saturated carbocycles. The molecule has 0 fully saturated rings. The molecule has 5 heteroatoms. The van der Waals surface area contributed by atoms with E-state index in [9.17, 15) is 9.59 Å². The minimum atomic E-state index is -0.760. The zero-order valence-corrected chi connectivity index (χ0v) is 12.6. The number of aliphatic carboxylic acids is 1. The largest absolute Gasteiger partial charge is 0.481 e. The molecule has 112 valence electrons. The van der Waals surface area contributed by atoms with Gasteiger partial charge in [-0.3, -0.25) is 4.79 Å². The first kappa shape index (κ1) is 17.7. The van der Waals surface area contributed by atoms with Gasteiger partial charge in [0.15, 0.2) is 0 Å². The van der Waals surface area contributed by atoms with Gasteiger partial charge >= 0.3 is 12.0 Å². The van der Waals surface area contributed by atoms with E-state index in [-0.39, 0.29) is 12.5 Å². The van der Waals surface area contributed by atoms with Crippen molar-refractivity contribution in [3.63, 3.8) is 0 Å². The van der Waals surface area contributed by atoms with Crippen LogP contribution >= 0.6 is 0 Å². The summed E-state index contributed by atoms with van der Waals surface area (Å²) in [6, 6.07) is -0.0502. The van der Waals surface area contributed by atoms with Gasteiger partial charge in [-0.15, -0.1) is 0 Å². The molecule has 0 aliphatic heterocycles. The van der Waals surface area contributed by atoms with Gasteiger partial charge in [-0.2, -0.15) is 0 Å². The summed E-state index contributed by atoms with van der Waals surface area (Å²) >= 11 is 0. The normalized spacial score (nSPS) is 13.7. The van der Waals surface area contributed by atoms with Crippen molar-refractivity contribution in [2.75, 3.05) is 20.1 Å². The van der Waals surface area contributed by atoms with Crippen molar-refractivity contribution in [1.29, 1.82) is 0 Å². The van der Waals surface area contributed by atoms with Crippen molar-refractivity contribution in [1.82, 2.24) is 10.2 Å². The van der Waals surface area contributed by atoms with Crippen LogP contribution in [0.4, 0.5) is 4.79 Å². The van der Waals surface area contributed by atoms with Gasteiger partial charge in [0.05, 0.1) is 0 Å². The Bertz CT molecular complexity index is 282. The Kier molecular flexibility index (Phi) is 9.00. The number of nitrogens with zero attached hydrogens (tertiary/aromatic N) is 1. The van der Waals surface area contributed by atoms with Crippen molar-refractivity contribution in [3.05, 3.63) is 0 Å². The van der Waals surface area contributed by atoms with Crippen LogP contribution < -0.4 is 5.32 Å². The van der Waals surface area contributed by atoms with E-state index in [1.165, 1.54) is 0 Å². The van der Waals surface area contributed by atoms with Crippen molar-refractivity contribution < 1.29 is 14.7 Å². The van der Waals surface area contributed by atoms with E-state index in [2.05, 4.69) is 19.2 Å². The summed E-state index contributed by atoms with van der Waals surface area (Å²) in [6.07, 6.45) is 2.73. The lowest BCUT2D eigenvalue weighted by Gasteiger charge is -2.21. The summed E-state index contributed by atoms with van der Waals surface area (Å²) in [5, 5.41) is 11.4. The Morgan fingerprint density at radius 2 is 1.84 bits per heavy atom. The molecule has 0 bridgehead atoms. The van der Waals surface area contributed by atoms with Gasteiger partial charge < -0.3 is 15.3 Å². The first-order valence-corrected chi connectivity index (χ1v) is 7.07. The molecule has 0 rings (SSSR count). The molecule has 2 unspecified atom stereocenters. The van der Waals surface area contributed by atoms with E-state index in [1.54, 1.807) is 11.9 Å². The number of hydrogen-bond acceptors (Lipinski definition) is 2. The van der Waals surface area contributed by atoms with Gasteiger partial charge in [0.2, 0.25) is 0 Å². The molecular formula is C14H28N2O3. The standard InChI is InChI=1S/C14H28N2O3/c1-5-11(2)10-16(4)14(19)15-9-8-12(3)6-7-13(17)18/h11-12H,5-10H2,1-4H3,(H,15,19)(H,17,18). The van der Waals surface area contributed by atoms with Crippen molar-refractivity contribution >= 4 is 12.0 Å². The molecule has 0 aromatic carbocycles. The molecular weight excluding hydrogens is 244 g/mol. The summed E-state index contributed by atoms with van der Waals surface area (Å²) in [7, 11) is 1.80. The van der Waals surface area contributed by atoms with E-state index >= 15 is 0 Å². The lowest BCUT2D eigenvalue weighted by molar-refractivity contribution is -0.137. The number of amides is 2. The third kappa shape index (κ3) is 9.33. The minimum Gasteiger partial charge on any atom is -0.481 e. The van der Waals surface area contributed by atoms with Gasteiger partial charge in [-0.05, 0) is 24.7 Å². The summed E-state index contributed by atoms with van der Waals surface area (Å²) in [4.78, 5) is 23.9. The molecule has 0 aromatic rings. The fourth-order valence-electron chi connectivity index (χ4n) is 1.75. The molecule has 0 spiro atoms. The van der Waals surface area contributed by atoms with Crippen LogP contribution in [0.15, 0.2) is 0 Å². The van der Waals surface area contributed by atoms with E-state index in [4.69, 9.17) is 5.11 Å². The Hall–Kier alpha value is -1.26. The summed E-state index contributed by atoms with van der Waals surface area (Å²) in [5.41, 5.74) is 0. The molecule has 0 radical (unpaired) electrons. The van der Waals surface area contributed by atoms with Gasteiger partial charge in [-0.25, -0.2) is 4.79 Å². The number of hydrogen-bond donors (Lipinski definition) is 2. The molecule has 5 nitrogen and oxygen atoms in total. The second kappa shape index (κ2) is 9.64. The number of carboxylic acids is 1. The highest BCUT2D eigenvalue weighted by atomic mass is 16.4. The van der Waals surface area contributed by atoms with E-state index in [1.807, 2.05) is 6.92 Å². The maximum Gasteiger partial charge on any atom is 0.317 e. The van der Waals surface area contributed by atoms with Crippen molar-refractivity contribution in [3.8, 4) is 0 Å². The van der Waals surface area contributed by atoms with Crippen LogP contribution in [0.1, 0.15) is 46.5 Å².